The van der Waals surface area contributed by atoms with Crippen molar-refractivity contribution in [3.05, 3.63) is 34.9 Å². The van der Waals surface area contributed by atoms with Gasteiger partial charge >= 0.3 is 0 Å². The topological polar surface area (TPSA) is 29.5 Å². The van der Waals surface area contributed by atoms with Gasteiger partial charge < -0.3 is 9.84 Å². The second kappa shape index (κ2) is 5.13. The number of rotatable bonds is 4. The highest BCUT2D eigenvalue weighted by Gasteiger charge is 2.08. The first-order valence-corrected chi connectivity index (χ1v) is 4.88. The smallest absolute Gasteiger partial charge is 0.0681 e. The molecule has 0 aliphatic carbocycles. The number of ether oxygens (including phenoxy) is 1. The van der Waals surface area contributed by atoms with Crippen LogP contribution in [0.1, 0.15) is 29.5 Å². The molecule has 1 rings (SSSR count). The SMILES string of the molecule is COCC(C)c1ccc(CO)cc1C. The minimum atomic E-state index is 0.111. The van der Waals surface area contributed by atoms with Crippen molar-refractivity contribution < 1.29 is 9.84 Å². The Hall–Kier alpha value is -0.860. The summed E-state index contributed by atoms with van der Waals surface area (Å²) in [6.45, 7) is 5.06. The average Bonchev–Trinajstić information content (AvgIpc) is 2.17. The number of benzene rings is 1. The zero-order chi connectivity index (χ0) is 10.6. The summed E-state index contributed by atoms with van der Waals surface area (Å²) in [5.74, 6) is 0.410. The molecular weight excluding hydrogens is 176 g/mol. The summed E-state index contributed by atoms with van der Waals surface area (Å²) in [7, 11) is 1.72. The van der Waals surface area contributed by atoms with Crippen LogP contribution in [0.15, 0.2) is 18.2 Å². The maximum absolute atomic E-state index is 8.97. The first-order valence-electron chi connectivity index (χ1n) is 4.88. The summed E-state index contributed by atoms with van der Waals surface area (Å²) in [6.07, 6.45) is 0. The van der Waals surface area contributed by atoms with E-state index >= 15 is 0 Å². The Morgan fingerprint density at radius 3 is 2.64 bits per heavy atom. The van der Waals surface area contributed by atoms with Crippen LogP contribution in [0.4, 0.5) is 0 Å². The molecule has 0 amide bonds. The molecule has 0 heterocycles. The van der Waals surface area contributed by atoms with Crippen LogP contribution < -0.4 is 0 Å². The number of hydrogen-bond donors (Lipinski definition) is 1. The molecule has 2 heteroatoms. The predicted octanol–water partition coefficient (Wildman–Crippen LogP) is 2.24. The second-order valence-corrected chi connectivity index (χ2v) is 3.71. The number of methoxy groups -OCH3 is 1. The van der Waals surface area contributed by atoms with Crippen LogP contribution in [-0.2, 0) is 11.3 Å². The molecule has 1 atom stereocenters. The molecule has 2 nitrogen and oxygen atoms in total. The fourth-order valence-electron chi connectivity index (χ4n) is 1.73. The minimum Gasteiger partial charge on any atom is -0.392 e. The zero-order valence-corrected chi connectivity index (χ0v) is 9.08. The van der Waals surface area contributed by atoms with Gasteiger partial charge in [0.25, 0.3) is 0 Å². The Morgan fingerprint density at radius 2 is 2.14 bits per heavy atom. The Bertz CT molecular complexity index is 294. The van der Waals surface area contributed by atoms with Crippen molar-refractivity contribution in [2.24, 2.45) is 0 Å². The second-order valence-electron chi connectivity index (χ2n) is 3.71. The number of aryl methyl sites for hydroxylation is 1. The lowest BCUT2D eigenvalue weighted by atomic mass is 9.95. The number of aliphatic hydroxyl groups is 1. The van der Waals surface area contributed by atoms with Crippen molar-refractivity contribution in [2.75, 3.05) is 13.7 Å². The minimum absolute atomic E-state index is 0.111. The van der Waals surface area contributed by atoms with Crippen LogP contribution >= 0.6 is 0 Å². The van der Waals surface area contributed by atoms with Crippen LogP contribution in [0.3, 0.4) is 0 Å². The van der Waals surface area contributed by atoms with Crippen molar-refractivity contribution in [3.63, 3.8) is 0 Å². The zero-order valence-electron chi connectivity index (χ0n) is 9.08. The van der Waals surface area contributed by atoms with Crippen LogP contribution in [0.2, 0.25) is 0 Å². The standard InChI is InChI=1S/C12H18O2/c1-9-6-11(7-13)4-5-12(9)10(2)8-14-3/h4-6,10,13H,7-8H2,1-3H3. The van der Waals surface area contributed by atoms with Crippen molar-refractivity contribution in [1.82, 2.24) is 0 Å². The normalized spacial score (nSPS) is 12.9. The van der Waals surface area contributed by atoms with Gasteiger partial charge in [-0.3, -0.25) is 0 Å². The van der Waals surface area contributed by atoms with Gasteiger partial charge in [-0.2, -0.15) is 0 Å². The van der Waals surface area contributed by atoms with E-state index < -0.39 is 0 Å². The molecule has 1 aromatic rings. The van der Waals surface area contributed by atoms with Gasteiger partial charge in [0, 0.05) is 13.0 Å². The van der Waals surface area contributed by atoms with Gasteiger partial charge in [-0.15, -0.1) is 0 Å². The van der Waals surface area contributed by atoms with E-state index in [2.05, 4.69) is 19.9 Å². The summed E-state index contributed by atoms with van der Waals surface area (Å²) in [6, 6.07) is 6.07. The Kier molecular flexibility index (Phi) is 4.11. The predicted molar refractivity (Wildman–Crippen MR) is 57.4 cm³/mol. The molecule has 1 unspecified atom stereocenters. The van der Waals surface area contributed by atoms with Gasteiger partial charge in [-0.05, 0) is 23.6 Å². The highest BCUT2D eigenvalue weighted by atomic mass is 16.5. The highest BCUT2D eigenvalue weighted by Crippen LogP contribution is 2.20. The van der Waals surface area contributed by atoms with Crippen molar-refractivity contribution in [1.29, 1.82) is 0 Å². The fourth-order valence-corrected chi connectivity index (χ4v) is 1.73. The van der Waals surface area contributed by atoms with Gasteiger partial charge in [0.1, 0.15) is 0 Å². The molecule has 0 aliphatic heterocycles. The summed E-state index contributed by atoms with van der Waals surface area (Å²) in [5, 5.41) is 8.97. The molecule has 0 spiro atoms. The lowest BCUT2D eigenvalue weighted by Gasteiger charge is -2.14. The molecular formula is C12H18O2. The molecule has 0 aromatic heterocycles. The van der Waals surface area contributed by atoms with Gasteiger partial charge in [0.05, 0.1) is 13.2 Å². The third-order valence-corrected chi connectivity index (χ3v) is 2.46. The molecule has 0 saturated heterocycles. The lowest BCUT2D eigenvalue weighted by Crippen LogP contribution is -2.04. The molecule has 1 N–H and O–H groups in total. The van der Waals surface area contributed by atoms with Gasteiger partial charge in [0.15, 0.2) is 0 Å². The molecule has 0 fully saturated rings. The van der Waals surface area contributed by atoms with E-state index in [-0.39, 0.29) is 6.61 Å². The first kappa shape index (κ1) is 11.2. The van der Waals surface area contributed by atoms with Gasteiger partial charge in [-0.25, -0.2) is 0 Å². The Balaban J connectivity index is 2.88. The van der Waals surface area contributed by atoms with Crippen LogP contribution in [0.5, 0.6) is 0 Å². The highest BCUT2D eigenvalue weighted by molar-refractivity contribution is 5.33. The van der Waals surface area contributed by atoms with E-state index in [0.29, 0.717) is 5.92 Å². The third kappa shape index (κ3) is 2.56. The quantitative estimate of drug-likeness (QED) is 0.796. The monoisotopic (exact) mass is 194 g/mol. The molecule has 1 aromatic carbocycles. The fraction of sp³-hybridized carbons (Fsp3) is 0.500. The maximum Gasteiger partial charge on any atom is 0.0681 e. The molecule has 0 radical (unpaired) electrons. The molecule has 0 aliphatic rings. The van der Waals surface area contributed by atoms with Crippen LogP contribution in [0.25, 0.3) is 0 Å². The van der Waals surface area contributed by atoms with Crippen LogP contribution in [0, 0.1) is 6.92 Å². The lowest BCUT2D eigenvalue weighted by molar-refractivity contribution is 0.184. The summed E-state index contributed by atoms with van der Waals surface area (Å²) >= 11 is 0. The largest absolute Gasteiger partial charge is 0.392 e. The summed E-state index contributed by atoms with van der Waals surface area (Å²) in [4.78, 5) is 0. The molecule has 0 saturated carbocycles. The van der Waals surface area contributed by atoms with E-state index in [0.717, 1.165) is 12.2 Å². The van der Waals surface area contributed by atoms with Crippen LogP contribution in [-0.4, -0.2) is 18.8 Å². The van der Waals surface area contributed by atoms with E-state index in [1.165, 1.54) is 11.1 Å². The Morgan fingerprint density at radius 1 is 1.43 bits per heavy atom. The maximum atomic E-state index is 8.97. The molecule has 78 valence electrons. The first-order chi connectivity index (χ1) is 6.69. The van der Waals surface area contributed by atoms with Crippen molar-refractivity contribution >= 4 is 0 Å². The van der Waals surface area contributed by atoms with E-state index in [9.17, 15) is 0 Å². The van der Waals surface area contributed by atoms with Gasteiger partial charge in [-0.1, -0.05) is 25.1 Å². The number of hydrogen-bond acceptors (Lipinski definition) is 2. The van der Waals surface area contributed by atoms with Crippen molar-refractivity contribution in [3.8, 4) is 0 Å². The molecule has 14 heavy (non-hydrogen) atoms. The number of aliphatic hydroxyl groups excluding tert-OH is 1. The summed E-state index contributed by atoms with van der Waals surface area (Å²) < 4.78 is 5.12. The third-order valence-electron chi connectivity index (χ3n) is 2.46. The van der Waals surface area contributed by atoms with E-state index in [4.69, 9.17) is 9.84 Å². The van der Waals surface area contributed by atoms with Gasteiger partial charge in [0.2, 0.25) is 0 Å². The van der Waals surface area contributed by atoms with E-state index in [1.54, 1.807) is 7.11 Å². The van der Waals surface area contributed by atoms with Crippen molar-refractivity contribution in [2.45, 2.75) is 26.4 Å². The Labute approximate surface area is 85.5 Å². The average molecular weight is 194 g/mol. The van der Waals surface area contributed by atoms with E-state index in [1.807, 2.05) is 12.1 Å². The molecule has 0 bridgehead atoms. The summed E-state index contributed by atoms with van der Waals surface area (Å²) in [5.41, 5.74) is 3.49.